The summed E-state index contributed by atoms with van der Waals surface area (Å²) in [5.74, 6) is 0. The third-order valence-electron chi connectivity index (χ3n) is 10.9. The van der Waals surface area contributed by atoms with Gasteiger partial charge in [0.2, 0.25) is 0 Å². The number of hydrogen-bond donors (Lipinski definition) is 0. The van der Waals surface area contributed by atoms with Gasteiger partial charge < -0.3 is 18.0 Å². The third-order valence-corrected chi connectivity index (χ3v) is 10.9. The van der Waals surface area contributed by atoms with Crippen molar-refractivity contribution in [1.29, 1.82) is 0 Å². The van der Waals surface area contributed by atoms with Gasteiger partial charge in [-0.15, -0.1) is 0 Å². The first-order valence-corrected chi connectivity index (χ1v) is 17.7. The minimum Gasteiger partial charge on any atom is -0.454 e. The molecule has 4 heteroatoms. The number of nitrogens with zero attached hydrogens (tertiary/aromatic N) is 2. The van der Waals surface area contributed by atoms with Crippen LogP contribution in [0, 0.1) is 0 Å². The smallest absolute Gasteiger partial charge is 0.160 e. The Labute approximate surface area is 296 Å². The standard InChI is InChI=1S/C48H28N2O2/c1-5-13-41-33(9-1)37-25-27-39-35-11-3-7-15-43(35)51-47(39)45(37)49(41)31-21-17-29(18-22-31)30-19-23-32(24-20-30)50-42-14-6-2-10-34(42)38-26-28-40-36-12-4-8-16-44(36)52-48(40)46(38)50/h1-28H. The van der Waals surface area contributed by atoms with Gasteiger partial charge in [0, 0.05) is 54.5 Å². The van der Waals surface area contributed by atoms with E-state index in [1.54, 1.807) is 0 Å². The first-order valence-electron chi connectivity index (χ1n) is 17.7. The maximum atomic E-state index is 6.56. The fourth-order valence-electron chi connectivity index (χ4n) is 8.60. The highest BCUT2D eigenvalue weighted by Gasteiger charge is 2.20. The fourth-order valence-corrected chi connectivity index (χ4v) is 8.60. The number of hydrogen-bond acceptors (Lipinski definition) is 2. The second kappa shape index (κ2) is 10.3. The van der Waals surface area contributed by atoms with Crippen LogP contribution in [0.15, 0.2) is 179 Å². The predicted octanol–water partition coefficient (Wildman–Crippen LogP) is 13.3. The molecule has 0 aliphatic heterocycles. The molecule has 52 heavy (non-hydrogen) atoms. The SMILES string of the molecule is c1ccc2c(c1)oc1c2ccc2c3ccccc3n(-c3ccc(-c4ccc(-n5c6ccccc6c6ccc7c8ccccc8oc7c65)cc4)cc3)c21. The number of fused-ring (bicyclic) bond motifs is 14. The minimum absolute atomic E-state index is 0.906. The normalized spacial score (nSPS) is 12.2. The second-order valence-electron chi connectivity index (χ2n) is 13.7. The van der Waals surface area contributed by atoms with Gasteiger partial charge in [0.05, 0.1) is 22.1 Å². The lowest BCUT2D eigenvalue weighted by Gasteiger charge is -2.11. The Kier molecular flexibility index (Phi) is 5.47. The van der Waals surface area contributed by atoms with Crippen LogP contribution in [0.5, 0.6) is 0 Å². The molecule has 0 fully saturated rings. The van der Waals surface area contributed by atoms with E-state index < -0.39 is 0 Å². The van der Waals surface area contributed by atoms with E-state index in [0.29, 0.717) is 0 Å². The van der Waals surface area contributed by atoms with Crippen LogP contribution in [0.1, 0.15) is 0 Å². The maximum absolute atomic E-state index is 6.56. The van der Waals surface area contributed by atoms with Crippen molar-refractivity contribution in [2.24, 2.45) is 0 Å². The molecule has 8 aromatic carbocycles. The third kappa shape index (κ3) is 3.70. The van der Waals surface area contributed by atoms with Crippen LogP contribution in [0.3, 0.4) is 0 Å². The van der Waals surface area contributed by atoms with Crippen LogP contribution >= 0.6 is 0 Å². The summed E-state index contributed by atoms with van der Waals surface area (Å²) in [6, 6.07) is 60.5. The van der Waals surface area contributed by atoms with Gasteiger partial charge in [0.1, 0.15) is 11.2 Å². The molecule has 0 saturated carbocycles. The predicted molar refractivity (Wildman–Crippen MR) is 215 cm³/mol. The lowest BCUT2D eigenvalue weighted by Crippen LogP contribution is -1.95. The van der Waals surface area contributed by atoms with Gasteiger partial charge in [0.15, 0.2) is 11.2 Å². The van der Waals surface area contributed by atoms with Crippen molar-refractivity contribution in [2.75, 3.05) is 0 Å². The summed E-state index contributed by atoms with van der Waals surface area (Å²) in [4.78, 5) is 0. The van der Waals surface area contributed by atoms with Gasteiger partial charge >= 0.3 is 0 Å². The quantitative estimate of drug-likeness (QED) is 0.188. The maximum Gasteiger partial charge on any atom is 0.160 e. The first kappa shape index (κ1) is 27.7. The van der Waals surface area contributed by atoms with Crippen LogP contribution in [-0.2, 0) is 0 Å². The van der Waals surface area contributed by atoms with Gasteiger partial charge in [-0.25, -0.2) is 0 Å². The summed E-state index contributed by atoms with van der Waals surface area (Å²) in [6.45, 7) is 0. The molecule has 12 rings (SSSR count). The molecule has 12 aromatic rings. The summed E-state index contributed by atoms with van der Waals surface area (Å²) >= 11 is 0. The second-order valence-corrected chi connectivity index (χ2v) is 13.7. The minimum atomic E-state index is 0.906. The van der Waals surface area contributed by atoms with Gasteiger partial charge in [0.25, 0.3) is 0 Å². The highest BCUT2D eigenvalue weighted by atomic mass is 16.3. The fraction of sp³-hybridized carbons (Fsp3) is 0. The van der Waals surface area contributed by atoms with E-state index in [1.165, 1.54) is 21.5 Å². The Balaban J connectivity index is 0.994. The molecule has 0 N–H and O–H groups in total. The van der Waals surface area contributed by atoms with Crippen molar-refractivity contribution in [3.8, 4) is 22.5 Å². The summed E-state index contributed by atoms with van der Waals surface area (Å²) in [6.07, 6.45) is 0. The zero-order valence-electron chi connectivity index (χ0n) is 27.9. The van der Waals surface area contributed by atoms with E-state index >= 15 is 0 Å². The molecule has 242 valence electrons. The van der Waals surface area contributed by atoms with Gasteiger partial charge in [-0.05, 0) is 71.8 Å². The van der Waals surface area contributed by atoms with Crippen molar-refractivity contribution in [3.63, 3.8) is 0 Å². The Bertz CT molecular complexity index is 3160. The molecule has 0 radical (unpaired) electrons. The highest BCUT2D eigenvalue weighted by molar-refractivity contribution is 6.22. The van der Waals surface area contributed by atoms with Crippen LogP contribution in [-0.4, -0.2) is 9.13 Å². The topological polar surface area (TPSA) is 36.1 Å². The van der Waals surface area contributed by atoms with E-state index in [4.69, 9.17) is 8.83 Å². The highest BCUT2D eigenvalue weighted by Crippen LogP contribution is 2.42. The number of furan rings is 2. The molecule has 4 heterocycles. The molecule has 0 atom stereocenters. The Morgan fingerprint density at radius 2 is 0.654 bits per heavy atom. The monoisotopic (exact) mass is 664 g/mol. The van der Waals surface area contributed by atoms with E-state index in [0.717, 1.165) is 88.4 Å². The average molecular weight is 665 g/mol. The summed E-state index contributed by atoms with van der Waals surface area (Å²) in [7, 11) is 0. The summed E-state index contributed by atoms with van der Waals surface area (Å²) in [5, 5.41) is 9.34. The molecule has 0 unspecified atom stereocenters. The van der Waals surface area contributed by atoms with Crippen molar-refractivity contribution < 1.29 is 8.83 Å². The average Bonchev–Trinajstić information content (AvgIpc) is 3.96. The van der Waals surface area contributed by atoms with Gasteiger partial charge in [-0.2, -0.15) is 0 Å². The zero-order valence-corrected chi connectivity index (χ0v) is 27.9. The van der Waals surface area contributed by atoms with Crippen molar-refractivity contribution >= 4 is 87.5 Å². The molecule has 4 aromatic heterocycles. The molecule has 0 spiro atoms. The lowest BCUT2D eigenvalue weighted by molar-refractivity contribution is 0.670. The van der Waals surface area contributed by atoms with Crippen molar-refractivity contribution in [1.82, 2.24) is 9.13 Å². The van der Waals surface area contributed by atoms with E-state index in [9.17, 15) is 0 Å². The number of aromatic nitrogens is 2. The van der Waals surface area contributed by atoms with Crippen molar-refractivity contribution in [3.05, 3.63) is 170 Å². The lowest BCUT2D eigenvalue weighted by atomic mass is 10.0. The Morgan fingerprint density at radius 1 is 0.288 bits per heavy atom. The van der Waals surface area contributed by atoms with Gasteiger partial charge in [-0.3, -0.25) is 0 Å². The van der Waals surface area contributed by atoms with E-state index in [2.05, 4.69) is 167 Å². The molecule has 0 amide bonds. The summed E-state index contributed by atoms with van der Waals surface area (Å²) in [5.41, 5.74) is 12.7. The van der Waals surface area contributed by atoms with Crippen LogP contribution < -0.4 is 0 Å². The van der Waals surface area contributed by atoms with E-state index in [1.807, 2.05) is 12.1 Å². The van der Waals surface area contributed by atoms with Crippen LogP contribution in [0.4, 0.5) is 0 Å². The van der Waals surface area contributed by atoms with Crippen LogP contribution in [0.25, 0.3) is 110 Å². The molecule has 4 nitrogen and oxygen atoms in total. The Hall–Kier alpha value is -7.04. The molecule has 0 aliphatic carbocycles. The first-order chi connectivity index (χ1) is 25.8. The molecule has 0 aliphatic rings. The summed E-state index contributed by atoms with van der Waals surface area (Å²) < 4.78 is 17.8. The number of para-hydroxylation sites is 4. The van der Waals surface area contributed by atoms with Crippen molar-refractivity contribution in [2.45, 2.75) is 0 Å². The van der Waals surface area contributed by atoms with E-state index in [-0.39, 0.29) is 0 Å². The largest absolute Gasteiger partial charge is 0.454 e. The number of rotatable bonds is 3. The molecular weight excluding hydrogens is 637 g/mol. The number of benzene rings is 8. The Morgan fingerprint density at radius 3 is 1.10 bits per heavy atom. The molecule has 0 saturated heterocycles. The van der Waals surface area contributed by atoms with Gasteiger partial charge in [-0.1, -0.05) is 109 Å². The molecule has 0 bridgehead atoms. The van der Waals surface area contributed by atoms with Crippen LogP contribution in [0.2, 0.25) is 0 Å². The molecular formula is C48H28N2O2. The zero-order chi connectivity index (χ0) is 33.9.